The summed E-state index contributed by atoms with van der Waals surface area (Å²) in [6.07, 6.45) is 0. The number of esters is 1. The smallest absolute Gasteiger partial charge is 0.362 e. The molecule has 3 aromatic rings. The van der Waals surface area contributed by atoms with Gasteiger partial charge in [-0.1, -0.05) is 30.3 Å². The molecule has 0 saturated heterocycles. The SMILES string of the molecule is CCOC(=O)c1nn(-c2ccccc2)c(=O)cc1OCc1cccc(F)c1. The Labute approximate surface area is 154 Å². The first-order chi connectivity index (χ1) is 13.1. The van der Waals surface area contributed by atoms with Gasteiger partial charge in [-0.15, -0.1) is 0 Å². The molecule has 6 nitrogen and oxygen atoms in total. The second-order valence-corrected chi connectivity index (χ2v) is 5.58. The summed E-state index contributed by atoms with van der Waals surface area (Å²) < 4.78 is 25.0. The Balaban J connectivity index is 1.98. The zero-order valence-electron chi connectivity index (χ0n) is 14.6. The van der Waals surface area contributed by atoms with Crippen molar-refractivity contribution < 1.29 is 18.7 Å². The molecule has 0 spiro atoms. The Bertz CT molecular complexity index is 1000. The molecule has 0 aliphatic rings. The lowest BCUT2D eigenvalue weighted by atomic mass is 10.2. The molecule has 1 aromatic heterocycles. The van der Waals surface area contributed by atoms with Gasteiger partial charge in [0.05, 0.1) is 18.4 Å². The standard InChI is InChI=1S/C20H17FN2O4/c1-2-26-20(25)19-17(27-13-14-7-6-8-15(21)11-14)12-18(24)23(22-19)16-9-4-3-5-10-16/h3-12H,2,13H2,1H3. The number of ether oxygens (including phenoxy) is 2. The summed E-state index contributed by atoms with van der Waals surface area (Å²) in [5, 5.41) is 4.12. The minimum atomic E-state index is -0.712. The van der Waals surface area contributed by atoms with Gasteiger partial charge in [-0.2, -0.15) is 9.78 Å². The summed E-state index contributed by atoms with van der Waals surface area (Å²) >= 11 is 0. The maximum absolute atomic E-state index is 13.3. The van der Waals surface area contributed by atoms with Crippen molar-refractivity contribution in [3.8, 4) is 11.4 Å². The molecular weight excluding hydrogens is 351 g/mol. The molecular formula is C20H17FN2O4. The molecule has 1 heterocycles. The molecule has 0 aliphatic carbocycles. The van der Waals surface area contributed by atoms with Crippen LogP contribution in [0.2, 0.25) is 0 Å². The molecule has 0 N–H and O–H groups in total. The molecule has 27 heavy (non-hydrogen) atoms. The Morgan fingerprint density at radius 1 is 1.11 bits per heavy atom. The van der Waals surface area contributed by atoms with Crippen molar-refractivity contribution in [3.05, 3.63) is 88.1 Å². The molecule has 3 rings (SSSR count). The highest BCUT2D eigenvalue weighted by atomic mass is 19.1. The van der Waals surface area contributed by atoms with E-state index in [0.29, 0.717) is 11.3 Å². The maximum atomic E-state index is 13.3. The molecule has 2 aromatic carbocycles. The molecule has 7 heteroatoms. The first-order valence-corrected chi connectivity index (χ1v) is 8.32. The highest BCUT2D eigenvalue weighted by Gasteiger charge is 2.20. The topological polar surface area (TPSA) is 70.4 Å². The molecule has 0 amide bonds. The number of benzene rings is 2. The average molecular weight is 368 g/mol. The van der Waals surface area contributed by atoms with Gasteiger partial charge in [0.15, 0.2) is 5.75 Å². The van der Waals surface area contributed by atoms with E-state index in [2.05, 4.69) is 5.10 Å². The molecule has 0 aliphatic heterocycles. The van der Waals surface area contributed by atoms with Crippen LogP contribution < -0.4 is 10.3 Å². The van der Waals surface area contributed by atoms with Crippen LogP contribution in [0.1, 0.15) is 23.0 Å². The van der Waals surface area contributed by atoms with Gasteiger partial charge >= 0.3 is 5.97 Å². The van der Waals surface area contributed by atoms with Gasteiger partial charge in [-0.25, -0.2) is 9.18 Å². The van der Waals surface area contributed by atoms with E-state index in [1.165, 1.54) is 18.2 Å². The summed E-state index contributed by atoms with van der Waals surface area (Å²) in [6, 6.07) is 15.7. The second kappa shape index (κ2) is 8.27. The molecule has 0 fully saturated rings. The van der Waals surface area contributed by atoms with Gasteiger partial charge in [0.2, 0.25) is 5.69 Å². The third-order valence-corrected chi connectivity index (χ3v) is 3.65. The first kappa shape index (κ1) is 18.3. The first-order valence-electron chi connectivity index (χ1n) is 8.32. The van der Waals surface area contributed by atoms with Crippen LogP contribution in [-0.2, 0) is 11.3 Å². The van der Waals surface area contributed by atoms with Gasteiger partial charge in [-0.05, 0) is 36.8 Å². The highest BCUT2D eigenvalue weighted by molar-refractivity contribution is 5.90. The summed E-state index contributed by atoms with van der Waals surface area (Å²) in [7, 11) is 0. The number of nitrogens with zero attached hydrogens (tertiary/aromatic N) is 2. The third-order valence-electron chi connectivity index (χ3n) is 3.65. The fourth-order valence-electron chi connectivity index (χ4n) is 2.43. The zero-order chi connectivity index (χ0) is 19.2. The predicted molar refractivity (Wildman–Crippen MR) is 96.5 cm³/mol. The van der Waals surface area contributed by atoms with Gasteiger partial charge in [0, 0.05) is 0 Å². The van der Waals surface area contributed by atoms with Crippen LogP contribution in [0.5, 0.6) is 5.75 Å². The van der Waals surface area contributed by atoms with E-state index in [0.717, 1.165) is 4.68 Å². The quantitative estimate of drug-likeness (QED) is 0.625. The fourth-order valence-corrected chi connectivity index (χ4v) is 2.43. The van der Waals surface area contributed by atoms with Gasteiger partial charge < -0.3 is 9.47 Å². The van der Waals surface area contributed by atoms with Crippen LogP contribution in [0.3, 0.4) is 0 Å². The van der Waals surface area contributed by atoms with Crippen LogP contribution in [0, 0.1) is 5.82 Å². The normalized spacial score (nSPS) is 10.4. The van der Waals surface area contributed by atoms with Crippen molar-refractivity contribution in [2.45, 2.75) is 13.5 Å². The summed E-state index contributed by atoms with van der Waals surface area (Å²) in [5.41, 5.74) is 0.460. The molecule has 0 radical (unpaired) electrons. The summed E-state index contributed by atoms with van der Waals surface area (Å²) in [4.78, 5) is 24.7. The van der Waals surface area contributed by atoms with Crippen LogP contribution in [-0.4, -0.2) is 22.4 Å². The van der Waals surface area contributed by atoms with E-state index >= 15 is 0 Å². The molecule has 0 atom stereocenters. The number of rotatable bonds is 6. The van der Waals surface area contributed by atoms with E-state index in [9.17, 15) is 14.0 Å². The molecule has 0 bridgehead atoms. The minimum Gasteiger partial charge on any atom is -0.486 e. The summed E-state index contributed by atoms with van der Waals surface area (Å²) in [5.74, 6) is -1.13. The zero-order valence-corrected chi connectivity index (χ0v) is 14.6. The lowest BCUT2D eigenvalue weighted by Crippen LogP contribution is -2.25. The van der Waals surface area contributed by atoms with Crippen molar-refractivity contribution in [3.63, 3.8) is 0 Å². The van der Waals surface area contributed by atoms with E-state index in [1.807, 2.05) is 0 Å². The van der Waals surface area contributed by atoms with E-state index in [4.69, 9.17) is 9.47 Å². The van der Waals surface area contributed by atoms with Crippen molar-refractivity contribution >= 4 is 5.97 Å². The van der Waals surface area contributed by atoms with Gasteiger partial charge in [0.1, 0.15) is 12.4 Å². The Kier molecular flexibility index (Phi) is 5.61. The second-order valence-electron chi connectivity index (χ2n) is 5.58. The van der Waals surface area contributed by atoms with E-state index < -0.39 is 17.3 Å². The monoisotopic (exact) mass is 368 g/mol. The van der Waals surface area contributed by atoms with Crippen molar-refractivity contribution in [1.29, 1.82) is 0 Å². The maximum Gasteiger partial charge on any atom is 0.362 e. The van der Waals surface area contributed by atoms with Crippen LogP contribution in [0.4, 0.5) is 4.39 Å². The van der Waals surface area contributed by atoms with Crippen molar-refractivity contribution in [2.75, 3.05) is 6.61 Å². The molecule has 0 saturated carbocycles. The highest BCUT2D eigenvalue weighted by Crippen LogP contribution is 2.18. The third kappa shape index (κ3) is 4.38. The average Bonchev–Trinajstić information content (AvgIpc) is 2.67. The molecule has 138 valence electrons. The van der Waals surface area contributed by atoms with Gasteiger partial charge in [0.25, 0.3) is 5.56 Å². The van der Waals surface area contributed by atoms with Crippen LogP contribution in [0.15, 0.2) is 65.5 Å². The number of carbonyl (C=O) groups excluding carboxylic acids is 1. The number of halogens is 1. The lowest BCUT2D eigenvalue weighted by molar-refractivity contribution is 0.0511. The summed E-state index contributed by atoms with van der Waals surface area (Å²) in [6.45, 7) is 1.79. The number of aromatic nitrogens is 2. The van der Waals surface area contributed by atoms with E-state index in [-0.39, 0.29) is 24.7 Å². The number of hydrogen-bond acceptors (Lipinski definition) is 5. The predicted octanol–water partition coefficient (Wildman–Crippen LogP) is 3.13. The van der Waals surface area contributed by atoms with Crippen LogP contribution >= 0.6 is 0 Å². The lowest BCUT2D eigenvalue weighted by Gasteiger charge is -2.12. The number of carbonyl (C=O) groups is 1. The van der Waals surface area contributed by atoms with Crippen molar-refractivity contribution in [2.24, 2.45) is 0 Å². The molecule has 0 unspecified atom stereocenters. The number of para-hydroxylation sites is 1. The van der Waals surface area contributed by atoms with Crippen LogP contribution in [0.25, 0.3) is 5.69 Å². The Morgan fingerprint density at radius 2 is 1.89 bits per heavy atom. The Morgan fingerprint density at radius 3 is 2.59 bits per heavy atom. The minimum absolute atomic E-state index is 0.0186. The Hall–Kier alpha value is -3.48. The number of hydrogen-bond donors (Lipinski definition) is 0. The van der Waals surface area contributed by atoms with Crippen molar-refractivity contribution in [1.82, 2.24) is 9.78 Å². The van der Waals surface area contributed by atoms with E-state index in [1.54, 1.807) is 49.4 Å². The largest absolute Gasteiger partial charge is 0.486 e. The fraction of sp³-hybridized carbons (Fsp3) is 0.150. The van der Waals surface area contributed by atoms with Gasteiger partial charge in [-0.3, -0.25) is 4.79 Å².